The summed E-state index contributed by atoms with van der Waals surface area (Å²) < 4.78 is 22.1. The van der Waals surface area contributed by atoms with E-state index >= 15 is 0 Å². The molecule has 0 N–H and O–H groups in total. The first kappa shape index (κ1) is 22.8. The van der Waals surface area contributed by atoms with Crippen LogP contribution in [0.4, 0.5) is 0 Å². The average molecular weight is 428 g/mol. The third-order valence-corrected chi connectivity index (χ3v) is 5.57. The Bertz CT molecular complexity index is 867. The van der Waals surface area contributed by atoms with Crippen LogP contribution in [0.3, 0.4) is 0 Å². The van der Waals surface area contributed by atoms with Crippen LogP contribution in [0.5, 0.6) is 23.0 Å². The molecule has 6 nitrogen and oxygen atoms in total. The molecule has 0 radical (unpaired) electrons. The highest BCUT2D eigenvalue weighted by atomic mass is 16.5. The van der Waals surface area contributed by atoms with Crippen LogP contribution in [0.25, 0.3) is 0 Å². The summed E-state index contributed by atoms with van der Waals surface area (Å²) in [5, 5.41) is 0. The molecule has 1 amide bonds. The maximum Gasteiger partial charge on any atom is 0.254 e. The Hall–Kier alpha value is -2.89. The molecule has 0 spiro atoms. The fraction of sp³-hybridized carbons (Fsp3) is 0.480. The SMILES string of the molecule is COc1cc(OC)cc(C(=O)N(Cc2ccc(OC)c(OC(C)C)c2)C2CCCC2)c1. The molecule has 1 aliphatic carbocycles. The predicted molar refractivity (Wildman–Crippen MR) is 120 cm³/mol. The van der Waals surface area contributed by atoms with Crippen molar-refractivity contribution >= 4 is 5.91 Å². The number of benzene rings is 2. The van der Waals surface area contributed by atoms with Crippen LogP contribution in [-0.2, 0) is 6.54 Å². The number of ether oxygens (including phenoxy) is 4. The monoisotopic (exact) mass is 427 g/mol. The first-order valence-electron chi connectivity index (χ1n) is 10.8. The van der Waals surface area contributed by atoms with Crippen molar-refractivity contribution in [1.29, 1.82) is 0 Å². The van der Waals surface area contributed by atoms with Crippen molar-refractivity contribution in [2.75, 3.05) is 21.3 Å². The van der Waals surface area contributed by atoms with E-state index in [9.17, 15) is 4.79 Å². The van der Waals surface area contributed by atoms with E-state index in [0.717, 1.165) is 31.2 Å². The van der Waals surface area contributed by atoms with Gasteiger partial charge in [0.05, 0.1) is 27.4 Å². The first-order chi connectivity index (χ1) is 14.9. The van der Waals surface area contributed by atoms with Crippen molar-refractivity contribution in [3.63, 3.8) is 0 Å². The third-order valence-electron chi connectivity index (χ3n) is 5.57. The smallest absolute Gasteiger partial charge is 0.254 e. The molecule has 2 aromatic carbocycles. The number of amides is 1. The highest BCUT2D eigenvalue weighted by molar-refractivity contribution is 5.95. The summed E-state index contributed by atoms with van der Waals surface area (Å²) in [5.74, 6) is 2.56. The molecular weight excluding hydrogens is 394 g/mol. The number of carbonyl (C=O) groups is 1. The van der Waals surface area contributed by atoms with E-state index in [-0.39, 0.29) is 18.1 Å². The second-order valence-corrected chi connectivity index (χ2v) is 8.12. The predicted octanol–water partition coefficient (Wildman–Crippen LogP) is 5.08. The summed E-state index contributed by atoms with van der Waals surface area (Å²) >= 11 is 0. The van der Waals surface area contributed by atoms with Crippen LogP contribution in [0.1, 0.15) is 55.5 Å². The normalized spacial score (nSPS) is 13.9. The maximum atomic E-state index is 13.6. The Morgan fingerprint density at radius 1 is 0.935 bits per heavy atom. The molecule has 0 aliphatic heterocycles. The number of hydrogen-bond donors (Lipinski definition) is 0. The largest absolute Gasteiger partial charge is 0.497 e. The zero-order valence-corrected chi connectivity index (χ0v) is 19.1. The second-order valence-electron chi connectivity index (χ2n) is 8.12. The van der Waals surface area contributed by atoms with Gasteiger partial charge in [-0.1, -0.05) is 18.9 Å². The zero-order chi connectivity index (χ0) is 22.4. The minimum Gasteiger partial charge on any atom is -0.497 e. The molecule has 1 saturated carbocycles. The Kier molecular flexibility index (Phi) is 7.66. The number of carbonyl (C=O) groups excluding carboxylic acids is 1. The van der Waals surface area contributed by atoms with E-state index in [1.165, 1.54) is 0 Å². The van der Waals surface area contributed by atoms with Gasteiger partial charge in [-0.2, -0.15) is 0 Å². The van der Waals surface area contributed by atoms with Crippen molar-refractivity contribution < 1.29 is 23.7 Å². The molecule has 1 aliphatic rings. The molecule has 6 heteroatoms. The van der Waals surface area contributed by atoms with Crippen LogP contribution in [0, 0.1) is 0 Å². The summed E-state index contributed by atoms with van der Waals surface area (Å²) in [5.41, 5.74) is 1.57. The second kappa shape index (κ2) is 10.4. The minimum atomic E-state index is -0.0220. The first-order valence-corrected chi connectivity index (χ1v) is 10.8. The van der Waals surface area contributed by atoms with E-state index in [0.29, 0.717) is 35.1 Å². The van der Waals surface area contributed by atoms with E-state index in [4.69, 9.17) is 18.9 Å². The lowest BCUT2D eigenvalue weighted by Gasteiger charge is -2.30. The highest BCUT2D eigenvalue weighted by Crippen LogP contribution is 2.32. The Morgan fingerprint density at radius 2 is 1.58 bits per heavy atom. The van der Waals surface area contributed by atoms with Crippen LogP contribution < -0.4 is 18.9 Å². The lowest BCUT2D eigenvalue weighted by Crippen LogP contribution is -2.38. The van der Waals surface area contributed by atoms with Gasteiger partial charge in [-0.3, -0.25) is 4.79 Å². The molecule has 0 atom stereocenters. The number of rotatable bonds is 9. The lowest BCUT2D eigenvalue weighted by atomic mass is 10.1. The molecule has 0 saturated heterocycles. The fourth-order valence-corrected chi connectivity index (χ4v) is 4.04. The maximum absolute atomic E-state index is 13.6. The van der Waals surface area contributed by atoms with Gasteiger partial charge < -0.3 is 23.8 Å². The van der Waals surface area contributed by atoms with Gasteiger partial charge in [0.2, 0.25) is 0 Å². The number of hydrogen-bond acceptors (Lipinski definition) is 5. The van der Waals surface area contributed by atoms with E-state index in [1.54, 1.807) is 39.5 Å². The van der Waals surface area contributed by atoms with Crippen LogP contribution in [0.15, 0.2) is 36.4 Å². The number of nitrogens with zero attached hydrogens (tertiary/aromatic N) is 1. The standard InChI is InChI=1S/C25H33NO5/c1-17(2)31-24-12-18(10-11-23(24)30-5)16-26(20-8-6-7-9-20)25(27)19-13-21(28-3)15-22(14-19)29-4/h10-15,17,20H,6-9,16H2,1-5H3. The molecule has 0 unspecified atom stereocenters. The molecular formula is C25H33NO5. The number of methoxy groups -OCH3 is 3. The summed E-state index contributed by atoms with van der Waals surface area (Å²) in [4.78, 5) is 15.6. The topological polar surface area (TPSA) is 57.2 Å². The molecule has 0 aromatic heterocycles. The van der Waals surface area contributed by atoms with E-state index in [2.05, 4.69) is 0 Å². The van der Waals surface area contributed by atoms with Gasteiger partial charge in [-0.05, 0) is 56.5 Å². The lowest BCUT2D eigenvalue weighted by molar-refractivity contribution is 0.0663. The quantitative estimate of drug-likeness (QED) is 0.558. The summed E-state index contributed by atoms with van der Waals surface area (Å²) in [6.45, 7) is 4.47. The fourth-order valence-electron chi connectivity index (χ4n) is 4.04. The van der Waals surface area contributed by atoms with Gasteiger partial charge in [-0.15, -0.1) is 0 Å². The summed E-state index contributed by atoms with van der Waals surface area (Å²) in [6, 6.07) is 11.4. The zero-order valence-electron chi connectivity index (χ0n) is 19.1. The Morgan fingerprint density at radius 3 is 2.13 bits per heavy atom. The van der Waals surface area contributed by atoms with Crippen molar-refractivity contribution in [3.8, 4) is 23.0 Å². The Labute approximate surface area is 185 Å². The van der Waals surface area contributed by atoms with Crippen LogP contribution >= 0.6 is 0 Å². The van der Waals surface area contributed by atoms with Crippen molar-refractivity contribution in [2.45, 2.75) is 58.2 Å². The average Bonchev–Trinajstić information content (AvgIpc) is 3.31. The third kappa shape index (κ3) is 5.63. The van der Waals surface area contributed by atoms with Gasteiger partial charge in [0, 0.05) is 24.2 Å². The minimum absolute atomic E-state index is 0.0220. The summed E-state index contributed by atoms with van der Waals surface area (Å²) in [7, 11) is 4.81. The Balaban J connectivity index is 1.93. The highest BCUT2D eigenvalue weighted by Gasteiger charge is 2.28. The van der Waals surface area contributed by atoms with Gasteiger partial charge in [0.1, 0.15) is 11.5 Å². The molecule has 3 rings (SSSR count). The van der Waals surface area contributed by atoms with Crippen molar-refractivity contribution in [1.82, 2.24) is 4.90 Å². The summed E-state index contributed by atoms with van der Waals surface area (Å²) in [6.07, 6.45) is 4.33. The molecule has 168 valence electrons. The van der Waals surface area contributed by atoms with Crippen LogP contribution in [0.2, 0.25) is 0 Å². The molecule has 31 heavy (non-hydrogen) atoms. The van der Waals surface area contributed by atoms with Gasteiger partial charge in [-0.25, -0.2) is 0 Å². The van der Waals surface area contributed by atoms with Gasteiger partial charge >= 0.3 is 0 Å². The van der Waals surface area contributed by atoms with Gasteiger partial charge in [0.15, 0.2) is 11.5 Å². The van der Waals surface area contributed by atoms with Crippen molar-refractivity contribution in [3.05, 3.63) is 47.5 Å². The van der Waals surface area contributed by atoms with E-state index < -0.39 is 0 Å². The molecule has 1 fully saturated rings. The van der Waals surface area contributed by atoms with Gasteiger partial charge in [0.25, 0.3) is 5.91 Å². The molecule has 2 aromatic rings. The molecule has 0 bridgehead atoms. The molecule has 0 heterocycles. The van der Waals surface area contributed by atoms with E-state index in [1.807, 2.05) is 36.9 Å². The van der Waals surface area contributed by atoms with Crippen molar-refractivity contribution in [2.24, 2.45) is 0 Å². The van der Waals surface area contributed by atoms with Crippen LogP contribution in [-0.4, -0.2) is 44.3 Å².